The topological polar surface area (TPSA) is 85.2 Å². The number of aromatic nitrogens is 1. The van der Waals surface area contributed by atoms with Crippen LogP contribution in [-0.4, -0.2) is 23.0 Å². The molecule has 1 N–H and O–H groups in total. The second-order valence-electron chi connectivity index (χ2n) is 3.29. The standard InChI is InChI=1S/C10H7ClN2O4/c1-17-10(14)8-9(13(15)16)6-4-5(11)2-3-7(6)12-8/h2-4,12H,1H3. The molecule has 1 aromatic carbocycles. The van der Waals surface area contributed by atoms with Crippen molar-refractivity contribution in [1.82, 2.24) is 4.98 Å². The molecule has 0 unspecified atom stereocenters. The SMILES string of the molecule is COC(=O)c1[nH]c2ccc(Cl)cc2c1[N+](=O)[O-]. The van der Waals surface area contributed by atoms with E-state index in [9.17, 15) is 14.9 Å². The summed E-state index contributed by atoms with van der Waals surface area (Å²) in [4.78, 5) is 24.4. The maximum absolute atomic E-state index is 11.4. The summed E-state index contributed by atoms with van der Waals surface area (Å²) in [6.07, 6.45) is 0. The molecule has 17 heavy (non-hydrogen) atoms. The Morgan fingerprint density at radius 1 is 1.53 bits per heavy atom. The Morgan fingerprint density at radius 3 is 2.82 bits per heavy atom. The van der Waals surface area contributed by atoms with Gasteiger partial charge in [0.2, 0.25) is 5.69 Å². The molecule has 0 saturated heterocycles. The fraction of sp³-hybridized carbons (Fsp3) is 0.100. The van der Waals surface area contributed by atoms with E-state index in [1.54, 1.807) is 12.1 Å². The number of nitrogens with zero attached hydrogens (tertiary/aromatic N) is 1. The molecular formula is C10H7ClN2O4. The molecule has 0 spiro atoms. The molecule has 0 amide bonds. The fourth-order valence-corrected chi connectivity index (χ4v) is 1.76. The zero-order valence-electron chi connectivity index (χ0n) is 8.69. The van der Waals surface area contributed by atoms with Crippen LogP contribution in [0.3, 0.4) is 0 Å². The minimum absolute atomic E-state index is 0.185. The van der Waals surface area contributed by atoms with Gasteiger partial charge in [-0.15, -0.1) is 0 Å². The van der Waals surface area contributed by atoms with Gasteiger partial charge < -0.3 is 9.72 Å². The molecule has 2 rings (SSSR count). The number of H-pyrrole nitrogens is 1. The molecule has 0 fully saturated rings. The number of esters is 1. The third kappa shape index (κ3) is 1.83. The van der Waals surface area contributed by atoms with Crippen LogP contribution in [0.4, 0.5) is 5.69 Å². The van der Waals surface area contributed by atoms with E-state index in [4.69, 9.17) is 11.6 Å². The summed E-state index contributed by atoms with van der Waals surface area (Å²) >= 11 is 5.77. The second-order valence-corrected chi connectivity index (χ2v) is 3.72. The number of hydrogen-bond acceptors (Lipinski definition) is 4. The van der Waals surface area contributed by atoms with Gasteiger partial charge in [0.15, 0.2) is 0 Å². The average molecular weight is 255 g/mol. The Bertz CT molecular complexity index is 620. The Kier molecular flexibility index (Phi) is 2.72. The van der Waals surface area contributed by atoms with Crippen molar-refractivity contribution in [1.29, 1.82) is 0 Å². The molecule has 0 saturated carbocycles. The van der Waals surface area contributed by atoms with Crippen molar-refractivity contribution in [2.24, 2.45) is 0 Å². The minimum atomic E-state index is -0.788. The first kappa shape index (κ1) is 11.4. The lowest BCUT2D eigenvalue weighted by Gasteiger charge is -1.94. The summed E-state index contributed by atoms with van der Waals surface area (Å²) < 4.78 is 4.48. The summed E-state index contributed by atoms with van der Waals surface area (Å²) in [5.74, 6) is -0.788. The van der Waals surface area contributed by atoms with Gasteiger partial charge in [-0.2, -0.15) is 0 Å². The van der Waals surface area contributed by atoms with Crippen molar-refractivity contribution >= 4 is 34.2 Å². The maximum atomic E-state index is 11.4. The van der Waals surface area contributed by atoms with E-state index >= 15 is 0 Å². The number of carbonyl (C=O) groups is 1. The number of rotatable bonds is 2. The lowest BCUT2D eigenvalue weighted by molar-refractivity contribution is -0.383. The van der Waals surface area contributed by atoms with Gasteiger partial charge in [-0.25, -0.2) is 4.79 Å². The Labute approximate surface area is 100 Å². The van der Waals surface area contributed by atoms with Crippen molar-refractivity contribution in [3.63, 3.8) is 0 Å². The zero-order valence-corrected chi connectivity index (χ0v) is 9.45. The smallest absolute Gasteiger partial charge is 0.361 e. The van der Waals surface area contributed by atoms with Crippen LogP contribution in [0.25, 0.3) is 10.9 Å². The number of hydrogen-bond donors (Lipinski definition) is 1. The second kappa shape index (κ2) is 4.06. The molecule has 0 radical (unpaired) electrons. The van der Waals surface area contributed by atoms with Crippen molar-refractivity contribution < 1.29 is 14.5 Å². The number of methoxy groups -OCH3 is 1. The minimum Gasteiger partial charge on any atom is -0.464 e. The first-order chi connectivity index (χ1) is 8.04. The Balaban J connectivity index is 2.80. The lowest BCUT2D eigenvalue weighted by atomic mass is 10.2. The first-order valence-electron chi connectivity index (χ1n) is 4.58. The Hall–Kier alpha value is -2.08. The third-order valence-electron chi connectivity index (χ3n) is 2.31. The van der Waals surface area contributed by atoms with E-state index in [-0.39, 0.29) is 16.8 Å². The van der Waals surface area contributed by atoms with Gasteiger partial charge in [0.05, 0.1) is 22.9 Å². The highest BCUT2D eigenvalue weighted by atomic mass is 35.5. The molecule has 0 aliphatic carbocycles. The molecule has 0 bridgehead atoms. The van der Waals surface area contributed by atoms with Crippen LogP contribution in [0, 0.1) is 10.1 Å². The van der Waals surface area contributed by atoms with Gasteiger partial charge in [0.1, 0.15) is 0 Å². The van der Waals surface area contributed by atoms with Gasteiger partial charge in [-0.1, -0.05) is 11.6 Å². The van der Waals surface area contributed by atoms with Gasteiger partial charge in [-0.05, 0) is 18.2 Å². The molecule has 1 heterocycles. The van der Waals surface area contributed by atoms with Crippen LogP contribution in [0.5, 0.6) is 0 Å². The number of nitrogens with one attached hydrogen (secondary N) is 1. The van der Waals surface area contributed by atoms with Crippen LogP contribution >= 0.6 is 11.6 Å². The lowest BCUT2D eigenvalue weighted by Crippen LogP contribution is -2.04. The summed E-state index contributed by atoms with van der Waals surface area (Å²) in [6.45, 7) is 0. The van der Waals surface area contributed by atoms with E-state index in [1.807, 2.05) is 0 Å². The fourth-order valence-electron chi connectivity index (χ4n) is 1.59. The third-order valence-corrected chi connectivity index (χ3v) is 2.54. The number of nitro groups is 1. The molecule has 1 aromatic heterocycles. The van der Waals surface area contributed by atoms with Crippen molar-refractivity contribution in [3.8, 4) is 0 Å². The van der Waals surface area contributed by atoms with Crippen LogP contribution in [0.1, 0.15) is 10.5 Å². The van der Waals surface area contributed by atoms with Crippen molar-refractivity contribution in [2.45, 2.75) is 0 Å². The number of ether oxygens (including phenoxy) is 1. The number of carbonyl (C=O) groups excluding carboxylic acids is 1. The summed E-state index contributed by atoms with van der Waals surface area (Å²) in [5.41, 5.74) is -0.0504. The predicted octanol–water partition coefficient (Wildman–Crippen LogP) is 2.52. The van der Waals surface area contributed by atoms with Gasteiger partial charge >= 0.3 is 11.7 Å². The molecule has 6 nitrogen and oxygen atoms in total. The van der Waals surface area contributed by atoms with E-state index in [0.717, 1.165) is 7.11 Å². The first-order valence-corrected chi connectivity index (χ1v) is 4.96. The van der Waals surface area contributed by atoms with Crippen molar-refractivity contribution in [3.05, 3.63) is 39.0 Å². The monoisotopic (exact) mass is 254 g/mol. The predicted molar refractivity (Wildman–Crippen MR) is 61.3 cm³/mol. The van der Waals surface area contributed by atoms with E-state index in [0.29, 0.717) is 10.5 Å². The highest BCUT2D eigenvalue weighted by Crippen LogP contribution is 2.32. The number of aromatic amines is 1. The number of halogens is 1. The molecule has 0 aliphatic heterocycles. The van der Waals surface area contributed by atoms with E-state index in [2.05, 4.69) is 9.72 Å². The number of fused-ring (bicyclic) bond motifs is 1. The van der Waals surface area contributed by atoms with Crippen LogP contribution < -0.4 is 0 Å². The average Bonchev–Trinajstić information content (AvgIpc) is 2.66. The van der Waals surface area contributed by atoms with Crippen LogP contribution in [0.15, 0.2) is 18.2 Å². The highest BCUT2D eigenvalue weighted by Gasteiger charge is 2.27. The zero-order chi connectivity index (χ0) is 12.6. The van der Waals surface area contributed by atoms with Gasteiger partial charge in [0, 0.05) is 5.02 Å². The van der Waals surface area contributed by atoms with Gasteiger partial charge in [-0.3, -0.25) is 10.1 Å². The molecular weight excluding hydrogens is 248 g/mol. The van der Waals surface area contributed by atoms with Crippen molar-refractivity contribution in [2.75, 3.05) is 7.11 Å². The Morgan fingerprint density at radius 2 is 2.24 bits per heavy atom. The summed E-state index contributed by atoms with van der Waals surface area (Å²) in [5, 5.41) is 11.6. The molecule has 0 atom stereocenters. The number of benzene rings is 1. The quantitative estimate of drug-likeness (QED) is 0.507. The van der Waals surface area contributed by atoms with Crippen LogP contribution in [-0.2, 0) is 4.74 Å². The van der Waals surface area contributed by atoms with Gasteiger partial charge in [0.25, 0.3) is 0 Å². The molecule has 2 aromatic rings. The maximum Gasteiger partial charge on any atom is 0.361 e. The van der Waals surface area contributed by atoms with E-state index < -0.39 is 10.9 Å². The highest BCUT2D eigenvalue weighted by molar-refractivity contribution is 6.31. The normalized spacial score (nSPS) is 10.5. The summed E-state index contributed by atoms with van der Waals surface area (Å²) in [6, 6.07) is 4.57. The summed E-state index contributed by atoms with van der Waals surface area (Å²) in [7, 11) is 1.16. The van der Waals surface area contributed by atoms with Crippen LogP contribution in [0.2, 0.25) is 5.02 Å². The largest absolute Gasteiger partial charge is 0.464 e. The van der Waals surface area contributed by atoms with E-state index in [1.165, 1.54) is 6.07 Å². The molecule has 88 valence electrons. The molecule has 0 aliphatic rings. The molecule has 7 heteroatoms.